The first-order valence-electron chi connectivity index (χ1n) is 6.64. The number of para-hydroxylation sites is 1. The number of aromatic carboxylic acids is 1. The van der Waals surface area contributed by atoms with Crippen LogP contribution in [0.15, 0.2) is 48.7 Å². The van der Waals surface area contributed by atoms with Gasteiger partial charge in [-0.05, 0) is 31.2 Å². The van der Waals surface area contributed by atoms with Crippen LogP contribution in [-0.4, -0.2) is 27.1 Å². The number of hydrogen-bond acceptors (Lipinski definition) is 3. The molecule has 0 saturated heterocycles. The van der Waals surface area contributed by atoms with Crippen molar-refractivity contribution < 1.29 is 14.6 Å². The molecule has 21 heavy (non-hydrogen) atoms. The number of benzene rings is 1. The van der Waals surface area contributed by atoms with E-state index in [4.69, 9.17) is 4.74 Å². The maximum Gasteiger partial charge on any atom is 0.352 e. The Kier molecular flexibility index (Phi) is 3.31. The molecule has 3 rings (SSSR count). The van der Waals surface area contributed by atoms with Crippen molar-refractivity contribution >= 4 is 11.6 Å². The minimum Gasteiger partial charge on any atom is -0.493 e. The van der Waals surface area contributed by atoms with Crippen molar-refractivity contribution in [2.75, 3.05) is 6.61 Å². The molecular formula is C16H14N2O3. The number of ether oxygens (including phenoxy) is 1. The molecule has 0 spiro atoms. The lowest BCUT2D eigenvalue weighted by molar-refractivity contribution is 0.0689. The van der Waals surface area contributed by atoms with Crippen LogP contribution in [0, 0.1) is 0 Å². The summed E-state index contributed by atoms with van der Waals surface area (Å²) in [5.41, 5.74) is 2.31. The van der Waals surface area contributed by atoms with Crippen molar-refractivity contribution in [3.05, 3.63) is 54.4 Å². The molecule has 0 aliphatic heterocycles. The molecule has 0 aliphatic rings. The van der Waals surface area contributed by atoms with Gasteiger partial charge < -0.3 is 9.84 Å². The number of carboxylic acid groups (broad SMARTS) is 1. The average molecular weight is 282 g/mol. The van der Waals surface area contributed by atoms with Gasteiger partial charge >= 0.3 is 5.97 Å². The van der Waals surface area contributed by atoms with E-state index in [0.717, 1.165) is 11.3 Å². The summed E-state index contributed by atoms with van der Waals surface area (Å²) >= 11 is 0. The van der Waals surface area contributed by atoms with Crippen molar-refractivity contribution in [2.24, 2.45) is 0 Å². The lowest BCUT2D eigenvalue weighted by Gasteiger charge is -2.07. The molecule has 0 unspecified atom stereocenters. The monoisotopic (exact) mass is 282 g/mol. The van der Waals surface area contributed by atoms with E-state index < -0.39 is 5.97 Å². The van der Waals surface area contributed by atoms with E-state index in [0.29, 0.717) is 17.9 Å². The number of pyridine rings is 1. The Morgan fingerprint density at radius 3 is 2.81 bits per heavy atom. The Labute approximate surface area is 121 Å². The van der Waals surface area contributed by atoms with Gasteiger partial charge in [0.1, 0.15) is 17.1 Å². The highest BCUT2D eigenvalue weighted by Crippen LogP contribution is 2.29. The third kappa shape index (κ3) is 2.33. The summed E-state index contributed by atoms with van der Waals surface area (Å²) in [6.45, 7) is 2.48. The predicted octanol–water partition coefficient (Wildman–Crippen LogP) is 3.10. The summed E-state index contributed by atoms with van der Waals surface area (Å²) in [7, 11) is 0. The van der Waals surface area contributed by atoms with Gasteiger partial charge in [0.2, 0.25) is 0 Å². The Balaban J connectivity index is 2.18. The van der Waals surface area contributed by atoms with E-state index >= 15 is 0 Å². The van der Waals surface area contributed by atoms with Crippen LogP contribution in [0.2, 0.25) is 0 Å². The molecule has 0 aliphatic carbocycles. The molecule has 0 atom stereocenters. The number of imidazole rings is 1. The van der Waals surface area contributed by atoms with E-state index in [-0.39, 0.29) is 5.69 Å². The number of fused-ring (bicyclic) bond motifs is 1. The molecule has 0 saturated carbocycles. The summed E-state index contributed by atoms with van der Waals surface area (Å²) in [5, 5.41) is 9.23. The Bertz CT molecular complexity index is 808. The van der Waals surface area contributed by atoms with Crippen LogP contribution in [0.5, 0.6) is 5.75 Å². The second-order valence-corrected chi connectivity index (χ2v) is 4.50. The molecule has 5 heteroatoms. The van der Waals surface area contributed by atoms with Crippen molar-refractivity contribution in [2.45, 2.75) is 6.92 Å². The first kappa shape index (κ1) is 13.2. The van der Waals surface area contributed by atoms with E-state index in [1.165, 1.54) is 0 Å². The summed E-state index contributed by atoms with van der Waals surface area (Å²) in [6.07, 6.45) is 1.72. The highest BCUT2D eigenvalue weighted by Gasteiger charge is 2.13. The minimum absolute atomic E-state index is 0.181. The molecule has 0 fully saturated rings. The zero-order chi connectivity index (χ0) is 14.8. The van der Waals surface area contributed by atoms with Gasteiger partial charge in [-0.3, -0.25) is 4.40 Å². The van der Waals surface area contributed by atoms with Crippen molar-refractivity contribution in [1.82, 2.24) is 9.38 Å². The van der Waals surface area contributed by atoms with Gasteiger partial charge in [0, 0.05) is 11.8 Å². The number of nitrogens with zero attached hydrogens (tertiary/aromatic N) is 2. The SMILES string of the molecule is CCOc1ccccc1-c1cn2c(C(=O)O)cccc2n1. The maximum absolute atomic E-state index is 11.3. The van der Waals surface area contributed by atoms with Crippen LogP contribution < -0.4 is 4.74 Å². The van der Waals surface area contributed by atoms with E-state index in [9.17, 15) is 9.90 Å². The standard InChI is InChI=1S/C16H14N2O3/c1-2-21-14-8-4-3-6-11(14)12-10-18-13(16(19)20)7-5-9-15(18)17-12/h3-10H,2H2,1H3,(H,19,20). The van der Waals surface area contributed by atoms with Crippen LogP contribution in [0.1, 0.15) is 17.4 Å². The van der Waals surface area contributed by atoms with Gasteiger partial charge in [-0.1, -0.05) is 18.2 Å². The zero-order valence-electron chi connectivity index (χ0n) is 11.5. The maximum atomic E-state index is 11.3. The Hall–Kier alpha value is -2.82. The average Bonchev–Trinajstić information content (AvgIpc) is 2.91. The number of aromatic nitrogens is 2. The van der Waals surface area contributed by atoms with Crippen LogP contribution in [0.25, 0.3) is 16.9 Å². The largest absolute Gasteiger partial charge is 0.493 e. The fourth-order valence-corrected chi connectivity index (χ4v) is 2.27. The van der Waals surface area contributed by atoms with Gasteiger partial charge in [0.25, 0.3) is 0 Å². The lowest BCUT2D eigenvalue weighted by atomic mass is 10.1. The first-order valence-corrected chi connectivity index (χ1v) is 6.64. The lowest BCUT2D eigenvalue weighted by Crippen LogP contribution is -2.03. The molecule has 2 heterocycles. The number of carboxylic acids is 1. The fraction of sp³-hybridized carbons (Fsp3) is 0.125. The normalized spacial score (nSPS) is 10.7. The summed E-state index contributed by atoms with van der Waals surface area (Å²) < 4.78 is 7.17. The molecule has 0 bridgehead atoms. The van der Waals surface area contributed by atoms with Crippen LogP contribution in [0.4, 0.5) is 0 Å². The van der Waals surface area contributed by atoms with Crippen molar-refractivity contribution in [3.63, 3.8) is 0 Å². The van der Waals surface area contributed by atoms with E-state index in [2.05, 4.69) is 4.98 Å². The highest BCUT2D eigenvalue weighted by atomic mass is 16.5. The van der Waals surface area contributed by atoms with Crippen LogP contribution in [-0.2, 0) is 0 Å². The topological polar surface area (TPSA) is 63.8 Å². The third-order valence-corrected chi connectivity index (χ3v) is 3.17. The summed E-state index contributed by atoms with van der Waals surface area (Å²) in [5.74, 6) is -0.247. The first-order chi connectivity index (χ1) is 10.2. The predicted molar refractivity (Wildman–Crippen MR) is 78.8 cm³/mol. The van der Waals surface area contributed by atoms with E-state index in [1.807, 2.05) is 31.2 Å². The summed E-state index contributed by atoms with van der Waals surface area (Å²) in [6, 6.07) is 12.6. The van der Waals surface area contributed by atoms with Gasteiger partial charge in [0.05, 0.1) is 12.3 Å². The second kappa shape index (κ2) is 5.28. The fourth-order valence-electron chi connectivity index (χ4n) is 2.27. The van der Waals surface area contributed by atoms with Crippen molar-refractivity contribution in [3.8, 4) is 17.0 Å². The smallest absolute Gasteiger partial charge is 0.352 e. The molecule has 3 aromatic rings. The minimum atomic E-state index is -0.984. The molecule has 0 radical (unpaired) electrons. The van der Waals surface area contributed by atoms with Crippen LogP contribution >= 0.6 is 0 Å². The number of hydrogen-bond donors (Lipinski definition) is 1. The number of carbonyl (C=O) groups is 1. The Morgan fingerprint density at radius 1 is 1.24 bits per heavy atom. The molecule has 2 aromatic heterocycles. The molecule has 0 amide bonds. The molecule has 5 nitrogen and oxygen atoms in total. The number of rotatable bonds is 4. The quantitative estimate of drug-likeness (QED) is 0.798. The molecule has 1 N–H and O–H groups in total. The van der Waals surface area contributed by atoms with Gasteiger partial charge in [-0.2, -0.15) is 0 Å². The highest BCUT2D eigenvalue weighted by molar-refractivity contribution is 5.87. The molecule has 106 valence electrons. The molecular weight excluding hydrogens is 268 g/mol. The second-order valence-electron chi connectivity index (χ2n) is 4.50. The van der Waals surface area contributed by atoms with E-state index in [1.54, 1.807) is 28.8 Å². The van der Waals surface area contributed by atoms with Gasteiger partial charge in [-0.15, -0.1) is 0 Å². The third-order valence-electron chi connectivity index (χ3n) is 3.17. The zero-order valence-corrected chi connectivity index (χ0v) is 11.5. The van der Waals surface area contributed by atoms with Gasteiger partial charge in [-0.25, -0.2) is 9.78 Å². The molecule has 1 aromatic carbocycles. The Morgan fingerprint density at radius 2 is 2.05 bits per heavy atom. The van der Waals surface area contributed by atoms with Gasteiger partial charge in [0.15, 0.2) is 0 Å². The van der Waals surface area contributed by atoms with Crippen LogP contribution in [0.3, 0.4) is 0 Å². The summed E-state index contributed by atoms with van der Waals surface area (Å²) in [4.78, 5) is 15.7. The van der Waals surface area contributed by atoms with Crippen molar-refractivity contribution in [1.29, 1.82) is 0 Å².